The second-order valence-electron chi connectivity index (χ2n) is 7.93. The molecule has 0 aromatic heterocycles. The maximum absolute atomic E-state index is 12.5. The number of fused-ring (bicyclic) bond motifs is 1. The van der Waals surface area contributed by atoms with Crippen LogP contribution in [0.5, 0.6) is 0 Å². The summed E-state index contributed by atoms with van der Waals surface area (Å²) in [6.07, 6.45) is 0. The molecule has 2 saturated heterocycles. The first-order valence-electron chi connectivity index (χ1n) is 8.33. The van der Waals surface area contributed by atoms with E-state index in [0.29, 0.717) is 0 Å². The van der Waals surface area contributed by atoms with Crippen LogP contribution in [0.3, 0.4) is 0 Å². The third-order valence-corrected chi connectivity index (χ3v) is 5.87. The molecule has 0 aliphatic carbocycles. The number of hydrogen-bond donors (Lipinski definition) is 0. The maximum Gasteiger partial charge on any atom is 0.333 e. The van der Waals surface area contributed by atoms with Crippen LogP contribution in [0.15, 0.2) is 0 Å². The molecule has 2 aliphatic rings. The quantitative estimate of drug-likeness (QED) is 0.396. The predicted octanol–water partition coefficient (Wildman–Crippen LogP) is 1.32. The number of ether oxygens (including phenoxy) is 3. The van der Waals surface area contributed by atoms with Crippen molar-refractivity contribution in [1.29, 1.82) is 0 Å². The molecule has 8 nitrogen and oxygen atoms in total. The molecule has 0 saturated carbocycles. The topological polar surface area (TPSA) is 99.2 Å². The minimum Gasteiger partial charge on any atom is -0.465 e. The Morgan fingerprint density at radius 1 is 1.15 bits per heavy atom. The van der Waals surface area contributed by atoms with Gasteiger partial charge in [0.2, 0.25) is 12.7 Å². The van der Waals surface area contributed by atoms with Crippen molar-refractivity contribution in [3.05, 3.63) is 0 Å². The molecule has 0 spiro atoms. The number of amides is 1. The van der Waals surface area contributed by atoms with E-state index in [2.05, 4.69) is 0 Å². The standard InChI is InChI=1S/C17H25NO7S/c1-9(19)23-7-10-12(20)18-11(17(5,6)26-13(10)18)14(21)24-8-25-15(22)16(2,3)4/h10-11,13H,7-8H2,1-6H3/t10-,11-,13+/m0/s1. The average Bonchev–Trinajstić information content (AvgIpc) is 2.74. The molecule has 0 aromatic rings. The van der Waals surface area contributed by atoms with Crippen LogP contribution >= 0.6 is 11.8 Å². The molecule has 2 heterocycles. The minimum atomic E-state index is -0.785. The monoisotopic (exact) mass is 387 g/mol. The largest absolute Gasteiger partial charge is 0.465 e. The molecular formula is C17H25NO7S. The van der Waals surface area contributed by atoms with Crippen LogP contribution in [0.2, 0.25) is 0 Å². The van der Waals surface area contributed by atoms with Crippen molar-refractivity contribution in [1.82, 2.24) is 4.90 Å². The van der Waals surface area contributed by atoms with Gasteiger partial charge in [-0.2, -0.15) is 0 Å². The molecule has 0 radical (unpaired) electrons. The lowest BCUT2D eigenvalue weighted by Crippen LogP contribution is -2.64. The van der Waals surface area contributed by atoms with Crippen molar-refractivity contribution in [3.8, 4) is 0 Å². The molecule has 0 bridgehead atoms. The van der Waals surface area contributed by atoms with Crippen LogP contribution in [-0.4, -0.2) is 58.3 Å². The number of carbonyl (C=O) groups is 4. The van der Waals surface area contributed by atoms with Crippen molar-refractivity contribution < 1.29 is 33.4 Å². The van der Waals surface area contributed by atoms with Crippen LogP contribution in [0.25, 0.3) is 0 Å². The molecular weight excluding hydrogens is 362 g/mol. The predicted molar refractivity (Wildman–Crippen MR) is 92.7 cm³/mol. The van der Waals surface area contributed by atoms with Gasteiger partial charge in [0.25, 0.3) is 0 Å². The van der Waals surface area contributed by atoms with Crippen molar-refractivity contribution in [3.63, 3.8) is 0 Å². The average molecular weight is 387 g/mol. The van der Waals surface area contributed by atoms with Gasteiger partial charge in [-0.1, -0.05) is 0 Å². The van der Waals surface area contributed by atoms with Gasteiger partial charge < -0.3 is 19.1 Å². The Morgan fingerprint density at radius 2 is 1.77 bits per heavy atom. The van der Waals surface area contributed by atoms with Gasteiger partial charge >= 0.3 is 17.9 Å². The number of carbonyl (C=O) groups excluding carboxylic acids is 4. The molecule has 146 valence electrons. The van der Waals surface area contributed by atoms with Crippen molar-refractivity contribution >= 4 is 35.6 Å². The number of rotatable bonds is 5. The molecule has 1 amide bonds. The normalized spacial score (nSPS) is 26.6. The van der Waals surface area contributed by atoms with Gasteiger partial charge in [-0.3, -0.25) is 14.4 Å². The fraction of sp³-hybridized carbons (Fsp3) is 0.765. The first-order valence-corrected chi connectivity index (χ1v) is 9.21. The Hall–Kier alpha value is -1.77. The molecule has 2 aliphatic heterocycles. The third-order valence-electron chi connectivity index (χ3n) is 4.24. The van der Waals surface area contributed by atoms with Crippen LogP contribution < -0.4 is 0 Å². The zero-order valence-corrected chi connectivity index (χ0v) is 16.7. The van der Waals surface area contributed by atoms with E-state index in [9.17, 15) is 19.2 Å². The molecule has 0 aromatic carbocycles. The number of nitrogens with zero attached hydrogens (tertiary/aromatic N) is 1. The first kappa shape index (κ1) is 20.5. The van der Waals surface area contributed by atoms with E-state index in [1.165, 1.54) is 23.6 Å². The summed E-state index contributed by atoms with van der Waals surface area (Å²) in [4.78, 5) is 49.0. The van der Waals surface area contributed by atoms with E-state index in [1.807, 2.05) is 13.8 Å². The van der Waals surface area contributed by atoms with Crippen LogP contribution in [0.1, 0.15) is 41.5 Å². The maximum atomic E-state index is 12.5. The molecule has 26 heavy (non-hydrogen) atoms. The lowest BCUT2D eigenvalue weighted by atomic mass is 9.92. The Kier molecular flexibility index (Phi) is 5.60. The van der Waals surface area contributed by atoms with Gasteiger partial charge in [-0.15, -0.1) is 11.8 Å². The van der Waals surface area contributed by atoms with Gasteiger partial charge in [-0.25, -0.2) is 4.79 Å². The Labute approximate surface area is 156 Å². The lowest BCUT2D eigenvalue weighted by molar-refractivity contribution is -0.182. The molecule has 0 unspecified atom stereocenters. The van der Waals surface area contributed by atoms with Crippen molar-refractivity contribution in [2.45, 2.75) is 57.7 Å². The molecule has 9 heteroatoms. The lowest BCUT2D eigenvalue weighted by Gasteiger charge is -2.43. The zero-order chi connectivity index (χ0) is 19.9. The van der Waals surface area contributed by atoms with E-state index in [0.717, 1.165) is 0 Å². The second-order valence-corrected chi connectivity index (χ2v) is 9.70. The van der Waals surface area contributed by atoms with Crippen LogP contribution in [0, 0.1) is 11.3 Å². The smallest absolute Gasteiger partial charge is 0.333 e. The zero-order valence-electron chi connectivity index (χ0n) is 15.9. The van der Waals surface area contributed by atoms with E-state index in [-0.39, 0.29) is 17.9 Å². The number of β-lactam (4-membered cyclic amide) rings is 1. The summed E-state index contributed by atoms with van der Waals surface area (Å²) in [6.45, 7) is 9.57. The van der Waals surface area contributed by atoms with Crippen LogP contribution in [-0.2, 0) is 33.4 Å². The highest BCUT2D eigenvalue weighted by Gasteiger charge is 2.64. The summed E-state index contributed by atoms with van der Waals surface area (Å²) in [5.41, 5.74) is -0.697. The summed E-state index contributed by atoms with van der Waals surface area (Å²) in [5, 5.41) is -0.244. The first-order chi connectivity index (χ1) is 11.9. The number of thioether (sulfide) groups is 1. The molecule has 0 N–H and O–H groups in total. The van der Waals surface area contributed by atoms with E-state index in [1.54, 1.807) is 20.8 Å². The fourth-order valence-corrected chi connectivity index (χ4v) is 4.53. The Morgan fingerprint density at radius 3 is 2.31 bits per heavy atom. The highest BCUT2D eigenvalue weighted by atomic mass is 32.2. The van der Waals surface area contributed by atoms with E-state index < -0.39 is 46.8 Å². The minimum absolute atomic E-state index is 0.00335. The van der Waals surface area contributed by atoms with Gasteiger partial charge in [0.05, 0.1) is 10.8 Å². The van der Waals surface area contributed by atoms with Crippen LogP contribution in [0.4, 0.5) is 0 Å². The summed E-state index contributed by atoms with van der Waals surface area (Å²) >= 11 is 1.47. The highest BCUT2D eigenvalue weighted by Crippen LogP contribution is 2.53. The number of esters is 3. The van der Waals surface area contributed by atoms with Gasteiger partial charge in [0.15, 0.2) is 0 Å². The Balaban J connectivity index is 1.96. The Bertz CT molecular complexity index is 625. The summed E-state index contributed by atoms with van der Waals surface area (Å²) < 4.78 is 14.4. The van der Waals surface area contributed by atoms with Gasteiger partial charge in [0, 0.05) is 11.7 Å². The van der Waals surface area contributed by atoms with Gasteiger partial charge in [0.1, 0.15) is 18.6 Å². The summed E-state index contributed by atoms with van der Waals surface area (Å²) in [6, 6.07) is -0.785. The number of hydrogen-bond acceptors (Lipinski definition) is 8. The summed E-state index contributed by atoms with van der Waals surface area (Å²) in [7, 11) is 0. The van der Waals surface area contributed by atoms with Gasteiger partial charge in [-0.05, 0) is 34.6 Å². The second kappa shape index (κ2) is 7.09. The van der Waals surface area contributed by atoms with Crippen molar-refractivity contribution in [2.24, 2.45) is 11.3 Å². The fourth-order valence-electron chi connectivity index (χ4n) is 2.87. The molecule has 2 rings (SSSR count). The summed E-state index contributed by atoms with van der Waals surface area (Å²) in [5.74, 6) is -2.26. The highest BCUT2D eigenvalue weighted by molar-refractivity contribution is 8.01. The molecule has 2 fully saturated rings. The molecule has 3 atom stereocenters. The van der Waals surface area contributed by atoms with E-state index >= 15 is 0 Å². The third kappa shape index (κ3) is 3.97. The van der Waals surface area contributed by atoms with Crippen molar-refractivity contribution in [2.75, 3.05) is 13.4 Å². The SMILES string of the molecule is CC(=O)OC[C@H]1C(=O)N2[C@@H]1SC(C)(C)[C@@H]2C(=O)OCOC(=O)C(C)(C)C. The van der Waals surface area contributed by atoms with E-state index in [4.69, 9.17) is 14.2 Å².